The Balaban J connectivity index is 1.42. The van der Waals surface area contributed by atoms with Gasteiger partial charge in [0, 0.05) is 44.3 Å². The summed E-state index contributed by atoms with van der Waals surface area (Å²) in [6, 6.07) is 7.47. The highest BCUT2D eigenvalue weighted by atomic mass is 19.1. The number of hydrogen-bond acceptors (Lipinski definition) is 6. The van der Waals surface area contributed by atoms with Crippen LogP contribution in [0.2, 0.25) is 0 Å². The van der Waals surface area contributed by atoms with Crippen LogP contribution in [-0.4, -0.2) is 77.9 Å². The van der Waals surface area contributed by atoms with Crippen molar-refractivity contribution in [3.8, 4) is 0 Å². The molecule has 28 heavy (non-hydrogen) atoms. The number of rotatable bonds is 6. The summed E-state index contributed by atoms with van der Waals surface area (Å²) in [4.78, 5) is 38.5. The molecule has 0 spiro atoms. The Bertz CT molecular complexity index is 811. The van der Waals surface area contributed by atoms with Crippen LogP contribution >= 0.6 is 0 Å². The van der Waals surface area contributed by atoms with E-state index < -0.39 is 5.82 Å². The van der Waals surface area contributed by atoms with Crippen LogP contribution in [0.5, 0.6) is 0 Å². The first-order valence-electron chi connectivity index (χ1n) is 9.05. The number of nitrogens with zero attached hydrogens (tertiary/aromatic N) is 5. The normalized spacial score (nSPS) is 14.2. The Kier molecular flexibility index (Phi) is 6.49. The summed E-state index contributed by atoms with van der Waals surface area (Å²) in [7, 11) is 1.71. The molecule has 148 valence electrons. The second-order valence-electron chi connectivity index (χ2n) is 6.65. The summed E-state index contributed by atoms with van der Waals surface area (Å²) >= 11 is 0. The van der Waals surface area contributed by atoms with E-state index in [4.69, 9.17) is 0 Å². The maximum absolute atomic E-state index is 13.2. The molecule has 1 fully saturated rings. The number of anilines is 2. The van der Waals surface area contributed by atoms with E-state index in [1.807, 2.05) is 4.90 Å². The molecular weight excluding hydrogens is 363 g/mol. The van der Waals surface area contributed by atoms with Gasteiger partial charge in [0.15, 0.2) is 0 Å². The lowest BCUT2D eigenvalue weighted by atomic mass is 10.3. The minimum absolute atomic E-state index is 0.0327. The van der Waals surface area contributed by atoms with Gasteiger partial charge in [-0.05, 0) is 31.3 Å². The van der Waals surface area contributed by atoms with Gasteiger partial charge >= 0.3 is 0 Å². The highest BCUT2D eigenvalue weighted by molar-refractivity contribution is 5.92. The van der Waals surface area contributed by atoms with Crippen molar-refractivity contribution >= 4 is 23.5 Å². The quantitative estimate of drug-likeness (QED) is 0.792. The van der Waals surface area contributed by atoms with Crippen molar-refractivity contribution in [1.82, 2.24) is 19.8 Å². The van der Waals surface area contributed by atoms with Crippen molar-refractivity contribution in [2.75, 3.05) is 56.5 Å². The van der Waals surface area contributed by atoms with Crippen LogP contribution in [-0.2, 0) is 9.59 Å². The molecule has 1 aromatic carbocycles. The first kappa shape index (κ1) is 19.7. The molecule has 0 unspecified atom stereocenters. The van der Waals surface area contributed by atoms with Crippen LogP contribution in [0.25, 0.3) is 0 Å². The number of piperazine rings is 1. The fourth-order valence-corrected chi connectivity index (χ4v) is 3.01. The van der Waals surface area contributed by atoms with E-state index in [0.717, 1.165) is 0 Å². The fourth-order valence-electron chi connectivity index (χ4n) is 3.01. The zero-order chi connectivity index (χ0) is 19.9. The molecule has 0 atom stereocenters. The Labute approximate surface area is 163 Å². The van der Waals surface area contributed by atoms with Crippen molar-refractivity contribution in [1.29, 1.82) is 0 Å². The van der Waals surface area contributed by atoms with Gasteiger partial charge in [0.2, 0.25) is 17.8 Å². The predicted octanol–water partition coefficient (Wildman–Crippen LogP) is 0.835. The van der Waals surface area contributed by atoms with Gasteiger partial charge in [-0.1, -0.05) is 6.07 Å². The minimum Gasteiger partial charge on any atom is -0.338 e. The van der Waals surface area contributed by atoms with Gasteiger partial charge in [-0.3, -0.25) is 14.5 Å². The Morgan fingerprint density at radius 2 is 1.82 bits per heavy atom. The molecule has 1 aliphatic rings. The monoisotopic (exact) mass is 386 g/mol. The molecule has 8 nitrogen and oxygen atoms in total. The number of nitrogens with one attached hydrogen (secondary N) is 1. The Hall–Kier alpha value is -3.07. The van der Waals surface area contributed by atoms with E-state index in [1.165, 1.54) is 18.2 Å². The van der Waals surface area contributed by atoms with Crippen LogP contribution in [0.4, 0.5) is 16.0 Å². The summed E-state index contributed by atoms with van der Waals surface area (Å²) in [5.41, 5.74) is 0.393. The third-order valence-electron chi connectivity index (χ3n) is 4.39. The molecule has 1 saturated heterocycles. The second-order valence-corrected chi connectivity index (χ2v) is 6.65. The van der Waals surface area contributed by atoms with Gasteiger partial charge in [0.1, 0.15) is 5.82 Å². The molecular formula is C19H23FN6O2. The molecule has 1 aromatic heterocycles. The summed E-state index contributed by atoms with van der Waals surface area (Å²) < 4.78 is 13.2. The SMILES string of the molecule is CN(CC(=O)Nc1cccc(F)c1)CC(=O)N1CCN(c2ncccn2)CC1. The number of amides is 2. The number of carbonyl (C=O) groups excluding carboxylic acids is 2. The number of halogens is 1. The highest BCUT2D eigenvalue weighted by Gasteiger charge is 2.23. The van der Waals surface area contributed by atoms with Gasteiger partial charge in [-0.25, -0.2) is 14.4 Å². The van der Waals surface area contributed by atoms with E-state index >= 15 is 0 Å². The lowest BCUT2D eigenvalue weighted by Gasteiger charge is -2.35. The highest BCUT2D eigenvalue weighted by Crippen LogP contribution is 2.11. The van der Waals surface area contributed by atoms with Gasteiger partial charge in [0.25, 0.3) is 0 Å². The van der Waals surface area contributed by atoms with Crippen molar-refractivity contribution < 1.29 is 14.0 Å². The fraction of sp³-hybridized carbons (Fsp3) is 0.368. The molecule has 0 bridgehead atoms. The van der Waals surface area contributed by atoms with Gasteiger partial charge in [-0.15, -0.1) is 0 Å². The number of aromatic nitrogens is 2. The van der Waals surface area contributed by atoms with Crippen LogP contribution < -0.4 is 10.2 Å². The van der Waals surface area contributed by atoms with Crippen molar-refractivity contribution in [3.63, 3.8) is 0 Å². The average molecular weight is 386 g/mol. The largest absolute Gasteiger partial charge is 0.338 e. The molecule has 0 aliphatic carbocycles. The number of benzene rings is 1. The number of carbonyl (C=O) groups is 2. The molecule has 0 saturated carbocycles. The second kappa shape index (κ2) is 9.23. The lowest BCUT2D eigenvalue weighted by molar-refractivity contribution is -0.132. The molecule has 2 amide bonds. The Morgan fingerprint density at radius 1 is 1.11 bits per heavy atom. The van der Waals surface area contributed by atoms with Gasteiger partial charge < -0.3 is 15.1 Å². The zero-order valence-electron chi connectivity index (χ0n) is 15.7. The average Bonchev–Trinajstić information content (AvgIpc) is 2.68. The molecule has 3 rings (SSSR count). The Morgan fingerprint density at radius 3 is 2.50 bits per heavy atom. The van der Waals surface area contributed by atoms with E-state index in [2.05, 4.69) is 15.3 Å². The summed E-state index contributed by atoms with van der Waals surface area (Å²) in [6.45, 7) is 2.68. The van der Waals surface area contributed by atoms with Crippen LogP contribution in [0.15, 0.2) is 42.7 Å². The third kappa shape index (κ3) is 5.46. The molecule has 0 radical (unpaired) electrons. The standard InChI is InChI=1S/C19H23FN6O2/c1-24(13-17(27)23-16-5-2-4-15(20)12-16)14-18(28)25-8-10-26(11-9-25)19-21-6-3-7-22-19/h2-7,12H,8-11,13-14H2,1H3,(H,23,27). The lowest BCUT2D eigenvalue weighted by Crippen LogP contribution is -2.51. The maximum Gasteiger partial charge on any atom is 0.238 e. The van der Waals surface area contributed by atoms with E-state index in [-0.39, 0.29) is 24.9 Å². The molecule has 1 N–H and O–H groups in total. The molecule has 2 heterocycles. The maximum atomic E-state index is 13.2. The first-order valence-corrected chi connectivity index (χ1v) is 9.05. The predicted molar refractivity (Wildman–Crippen MR) is 103 cm³/mol. The van der Waals surface area contributed by atoms with E-state index in [9.17, 15) is 14.0 Å². The first-order chi connectivity index (χ1) is 13.5. The van der Waals surface area contributed by atoms with Gasteiger partial charge in [0.05, 0.1) is 13.1 Å². The van der Waals surface area contributed by atoms with Crippen molar-refractivity contribution in [2.45, 2.75) is 0 Å². The van der Waals surface area contributed by atoms with Crippen LogP contribution in [0, 0.1) is 5.82 Å². The van der Waals surface area contributed by atoms with Crippen LogP contribution in [0.1, 0.15) is 0 Å². The topological polar surface area (TPSA) is 81.7 Å². The molecule has 1 aliphatic heterocycles. The van der Waals surface area contributed by atoms with Gasteiger partial charge in [-0.2, -0.15) is 0 Å². The summed E-state index contributed by atoms with van der Waals surface area (Å²) in [5, 5.41) is 2.62. The van der Waals surface area contributed by atoms with Crippen molar-refractivity contribution in [3.05, 3.63) is 48.5 Å². The van der Waals surface area contributed by atoms with E-state index in [0.29, 0.717) is 37.8 Å². The summed E-state index contributed by atoms with van der Waals surface area (Å²) in [5.74, 6) is -0.0799. The smallest absolute Gasteiger partial charge is 0.238 e. The minimum atomic E-state index is -0.415. The third-order valence-corrected chi connectivity index (χ3v) is 4.39. The van der Waals surface area contributed by atoms with Crippen LogP contribution in [0.3, 0.4) is 0 Å². The number of hydrogen-bond donors (Lipinski definition) is 1. The summed E-state index contributed by atoms with van der Waals surface area (Å²) in [6.07, 6.45) is 3.40. The number of likely N-dealkylation sites (N-methyl/N-ethyl adjacent to an activating group) is 1. The zero-order valence-corrected chi connectivity index (χ0v) is 15.7. The molecule has 9 heteroatoms. The van der Waals surface area contributed by atoms with Crippen molar-refractivity contribution in [2.24, 2.45) is 0 Å². The molecule has 2 aromatic rings. The van der Waals surface area contributed by atoms with E-state index in [1.54, 1.807) is 41.4 Å².